The van der Waals surface area contributed by atoms with E-state index in [-0.39, 0.29) is 22.8 Å². The van der Waals surface area contributed by atoms with E-state index >= 15 is 0 Å². The average molecular weight is 400 g/mol. The Hall–Kier alpha value is -3.62. The number of halogens is 3. The third-order valence-electron chi connectivity index (χ3n) is 4.58. The average Bonchev–Trinajstić information content (AvgIpc) is 3.33. The summed E-state index contributed by atoms with van der Waals surface area (Å²) in [6.45, 7) is 3.74. The van der Waals surface area contributed by atoms with Gasteiger partial charge in [-0.05, 0) is 49.2 Å². The van der Waals surface area contributed by atoms with Gasteiger partial charge < -0.3 is 9.73 Å². The zero-order valence-electron chi connectivity index (χ0n) is 15.4. The second kappa shape index (κ2) is 6.77. The topological polar surface area (TPSA) is 72.4 Å². The van der Waals surface area contributed by atoms with Crippen LogP contribution in [-0.4, -0.2) is 20.5 Å². The Kier molecular flexibility index (Phi) is 4.37. The van der Waals surface area contributed by atoms with Crippen LogP contribution in [0.1, 0.15) is 27.3 Å². The fourth-order valence-electron chi connectivity index (χ4n) is 2.91. The van der Waals surface area contributed by atoms with Crippen molar-refractivity contribution < 1.29 is 22.4 Å². The molecule has 0 saturated carbocycles. The van der Waals surface area contributed by atoms with E-state index in [0.29, 0.717) is 10.2 Å². The maximum Gasteiger partial charge on any atom is 0.433 e. The largest absolute Gasteiger partial charge is 0.463 e. The molecule has 0 bridgehead atoms. The molecule has 9 heteroatoms. The predicted molar refractivity (Wildman–Crippen MR) is 99.6 cm³/mol. The summed E-state index contributed by atoms with van der Waals surface area (Å²) < 4.78 is 46.5. The number of carbonyl (C=O) groups excluding carboxylic acids is 1. The highest BCUT2D eigenvalue weighted by molar-refractivity contribution is 6.04. The maximum absolute atomic E-state index is 13.6. The second-order valence-electron chi connectivity index (χ2n) is 6.50. The van der Waals surface area contributed by atoms with Gasteiger partial charge in [0, 0.05) is 11.8 Å². The number of nitrogens with zero attached hydrogens (tertiary/aromatic N) is 3. The van der Waals surface area contributed by atoms with E-state index in [9.17, 15) is 18.0 Å². The Bertz CT molecular complexity index is 1210. The summed E-state index contributed by atoms with van der Waals surface area (Å²) in [6.07, 6.45) is -3.36. The number of alkyl halides is 3. The first-order valence-electron chi connectivity index (χ1n) is 8.63. The lowest BCUT2D eigenvalue weighted by Crippen LogP contribution is -2.16. The van der Waals surface area contributed by atoms with Crippen molar-refractivity contribution in [2.75, 3.05) is 5.32 Å². The molecule has 0 aliphatic carbocycles. The van der Waals surface area contributed by atoms with E-state index in [1.54, 1.807) is 18.2 Å². The number of aromatic nitrogens is 3. The first kappa shape index (κ1) is 18.7. The fraction of sp³-hybridized carbons (Fsp3) is 0.150. The Morgan fingerprint density at radius 1 is 1.14 bits per heavy atom. The third kappa shape index (κ3) is 3.46. The van der Waals surface area contributed by atoms with E-state index in [4.69, 9.17) is 4.42 Å². The summed E-state index contributed by atoms with van der Waals surface area (Å²) >= 11 is 0. The monoisotopic (exact) mass is 400 g/mol. The molecule has 4 aromatic rings. The van der Waals surface area contributed by atoms with Crippen LogP contribution in [0.3, 0.4) is 0 Å². The minimum atomic E-state index is -4.70. The number of fused-ring (bicyclic) bond motifs is 1. The molecule has 3 heterocycles. The summed E-state index contributed by atoms with van der Waals surface area (Å²) in [5.41, 5.74) is 1.04. The van der Waals surface area contributed by atoms with Crippen molar-refractivity contribution in [2.24, 2.45) is 0 Å². The molecule has 0 aliphatic heterocycles. The van der Waals surface area contributed by atoms with Crippen LogP contribution in [0.15, 0.2) is 53.1 Å². The van der Waals surface area contributed by atoms with Crippen molar-refractivity contribution in [2.45, 2.75) is 20.0 Å². The third-order valence-corrected chi connectivity index (χ3v) is 4.58. The van der Waals surface area contributed by atoms with Gasteiger partial charge in [-0.25, -0.2) is 9.50 Å². The lowest BCUT2D eigenvalue weighted by atomic mass is 10.1. The van der Waals surface area contributed by atoms with Gasteiger partial charge in [0.25, 0.3) is 5.91 Å². The van der Waals surface area contributed by atoms with Crippen LogP contribution in [0.4, 0.5) is 18.9 Å². The number of furan rings is 1. The van der Waals surface area contributed by atoms with Crippen molar-refractivity contribution >= 4 is 17.2 Å². The minimum Gasteiger partial charge on any atom is -0.463 e. The molecule has 4 rings (SSSR count). The molecule has 0 unspecified atom stereocenters. The summed E-state index contributed by atoms with van der Waals surface area (Å²) in [4.78, 5) is 16.8. The summed E-state index contributed by atoms with van der Waals surface area (Å²) in [5.74, 6) is -0.447. The van der Waals surface area contributed by atoms with Gasteiger partial charge in [-0.1, -0.05) is 12.1 Å². The van der Waals surface area contributed by atoms with Crippen LogP contribution in [0.5, 0.6) is 0 Å². The van der Waals surface area contributed by atoms with Gasteiger partial charge in [0.1, 0.15) is 5.69 Å². The summed E-state index contributed by atoms with van der Waals surface area (Å²) in [5, 5.41) is 6.53. The molecule has 0 radical (unpaired) electrons. The molecule has 148 valence electrons. The molecule has 6 nitrogen and oxygen atoms in total. The lowest BCUT2D eigenvalue weighted by Gasteiger charge is -2.10. The summed E-state index contributed by atoms with van der Waals surface area (Å²) in [7, 11) is 0. The molecule has 0 atom stereocenters. The second-order valence-corrected chi connectivity index (χ2v) is 6.50. The van der Waals surface area contributed by atoms with E-state index in [1.165, 1.54) is 18.4 Å². The SMILES string of the molecule is Cc1cccc(NC(=O)c2cc3nc(-c4ccco4)cc(C(F)(F)F)n3n2)c1C. The fourth-order valence-corrected chi connectivity index (χ4v) is 2.91. The molecular weight excluding hydrogens is 385 g/mol. The molecular formula is C20H15F3N4O2. The Morgan fingerprint density at radius 2 is 1.93 bits per heavy atom. The molecule has 0 saturated heterocycles. The van der Waals surface area contributed by atoms with Gasteiger partial charge >= 0.3 is 6.18 Å². The van der Waals surface area contributed by atoms with Crippen LogP contribution in [0.25, 0.3) is 17.1 Å². The molecule has 0 aliphatic rings. The molecule has 3 aromatic heterocycles. The highest BCUT2D eigenvalue weighted by Gasteiger charge is 2.36. The highest BCUT2D eigenvalue weighted by Crippen LogP contribution is 2.32. The Labute approximate surface area is 163 Å². The molecule has 0 spiro atoms. The van der Waals surface area contributed by atoms with Crippen molar-refractivity contribution in [3.63, 3.8) is 0 Å². The smallest absolute Gasteiger partial charge is 0.433 e. The lowest BCUT2D eigenvalue weighted by molar-refractivity contribution is -0.142. The number of aryl methyl sites for hydroxylation is 1. The van der Waals surface area contributed by atoms with E-state index in [0.717, 1.165) is 17.2 Å². The molecule has 1 aromatic carbocycles. The van der Waals surface area contributed by atoms with E-state index in [1.807, 2.05) is 19.9 Å². The van der Waals surface area contributed by atoms with Gasteiger partial charge in [0.15, 0.2) is 22.8 Å². The quantitative estimate of drug-likeness (QED) is 0.532. The minimum absolute atomic E-state index is 0.00351. The van der Waals surface area contributed by atoms with E-state index in [2.05, 4.69) is 15.4 Å². The summed E-state index contributed by atoms with van der Waals surface area (Å²) in [6, 6.07) is 10.5. The van der Waals surface area contributed by atoms with Crippen molar-refractivity contribution in [3.8, 4) is 11.5 Å². The van der Waals surface area contributed by atoms with Crippen molar-refractivity contribution in [3.05, 3.63) is 71.2 Å². The van der Waals surface area contributed by atoms with Gasteiger partial charge in [-0.2, -0.15) is 18.3 Å². The number of hydrogen-bond donors (Lipinski definition) is 1. The number of carbonyl (C=O) groups is 1. The molecule has 1 amide bonds. The van der Waals surface area contributed by atoms with Gasteiger partial charge in [0.2, 0.25) is 0 Å². The zero-order valence-corrected chi connectivity index (χ0v) is 15.4. The molecule has 0 fully saturated rings. The van der Waals surface area contributed by atoms with Crippen LogP contribution >= 0.6 is 0 Å². The number of anilines is 1. The Balaban J connectivity index is 1.78. The Morgan fingerprint density at radius 3 is 2.62 bits per heavy atom. The van der Waals surface area contributed by atoms with Gasteiger partial charge in [-0.3, -0.25) is 4.79 Å². The van der Waals surface area contributed by atoms with Gasteiger partial charge in [0.05, 0.1) is 6.26 Å². The number of hydrogen-bond acceptors (Lipinski definition) is 4. The van der Waals surface area contributed by atoms with Crippen LogP contribution in [-0.2, 0) is 6.18 Å². The van der Waals surface area contributed by atoms with Crippen molar-refractivity contribution in [1.82, 2.24) is 14.6 Å². The number of rotatable bonds is 3. The number of benzene rings is 1. The standard InChI is InChI=1S/C20H15F3N4O2/c1-11-5-3-6-13(12(11)2)25-19(28)15-10-18-24-14(16-7-4-8-29-16)9-17(20(21,22)23)27(18)26-15/h3-10H,1-2H3,(H,25,28). The molecule has 1 N–H and O–H groups in total. The highest BCUT2D eigenvalue weighted by atomic mass is 19.4. The number of amides is 1. The van der Waals surface area contributed by atoms with Crippen LogP contribution in [0, 0.1) is 13.8 Å². The normalized spacial score (nSPS) is 11.8. The number of nitrogens with one attached hydrogen (secondary N) is 1. The van der Waals surface area contributed by atoms with Crippen LogP contribution in [0.2, 0.25) is 0 Å². The first-order valence-corrected chi connectivity index (χ1v) is 8.63. The van der Waals surface area contributed by atoms with Crippen LogP contribution < -0.4 is 5.32 Å². The van der Waals surface area contributed by atoms with E-state index < -0.39 is 17.8 Å². The van der Waals surface area contributed by atoms with Gasteiger partial charge in [-0.15, -0.1) is 0 Å². The maximum atomic E-state index is 13.6. The van der Waals surface area contributed by atoms with Crippen molar-refractivity contribution in [1.29, 1.82) is 0 Å². The zero-order chi connectivity index (χ0) is 20.8. The molecule has 29 heavy (non-hydrogen) atoms. The predicted octanol–water partition coefficient (Wildman–Crippen LogP) is 4.88. The first-order chi connectivity index (χ1) is 13.7.